The SMILES string of the molecule is NC(=S)CN1CCC(NC(=O)c2ccc(O)c(O)c2)CC1. The van der Waals surface area contributed by atoms with Gasteiger partial charge >= 0.3 is 0 Å². The van der Waals surface area contributed by atoms with Crippen molar-refractivity contribution in [1.82, 2.24) is 10.2 Å². The standard InChI is InChI=1S/C14H19N3O3S/c15-13(21)8-17-5-3-10(4-6-17)16-14(20)9-1-2-11(18)12(19)7-9/h1-2,7,10,18-19H,3-6,8H2,(H2,15,21)(H,16,20). The van der Waals surface area contributed by atoms with Crippen LogP contribution in [0.4, 0.5) is 0 Å². The molecule has 0 aliphatic carbocycles. The summed E-state index contributed by atoms with van der Waals surface area (Å²) < 4.78 is 0. The zero-order chi connectivity index (χ0) is 15.4. The van der Waals surface area contributed by atoms with Crippen molar-refractivity contribution in [3.8, 4) is 11.5 Å². The molecule has 5 N–H and O–H groups in total. The van der Waals surface area contributed by atoms with Crippen LogP contribution in [0.25, 0.3) is 0 Å². The molecule has 0 saturated carbocycles. The third-order valence-electron chi connectivity index (χ3n) is 3.54. The first-order chi connectivity index (χ1) is 9.95. The summed E-state index contributed by atoms with van der Waals surface area (Å²) >= 11 is 4.88. The number of carbonyl (C=O) groups is 1. The van der Waals surface area contributed by atoms with Gasteiger partial charge in [-0.05, 0) is 31.0 Å². The van der Waals surface area contributed by atoms with E-state index in [1.54, 1.807) is 0 Å². The number of rotatable bonds is 4. The van der Waals surface area contributed by atoms with Crippen molar-refractivity contribution in [2.24, 2.45) is 5.73 Å². The Labute approximate surface area is 128 Å². The molecule has 0 spiro atoms. The molecule has 1 aromatic rings. The van der Waals surface area contributed by atoms with Crippen LogP contribution < -0.4 is 11.1 Å². The summed E-state index contributed by atoms with van der Waals surface area (Å²) in [7, 11) is 0. The maximum absolute atomic E-state index is 12.1. The largest absolute Gasteiger partial charge is 0.504 e. The van der Waals surface area contributed by atoms with Gasteiger partial charge in [0.1, 0.15) is 0 Å². The zero-order valence-electron chi connectivity index (χ0n) is 11.6. The van der Waals surface area contributed by atoms with Crippen molar-refractivity contribution < 1.29 is 15.0 Å². The Morgan fingerprint density at radius 3 is 2.57 bits per heavy atom. The van der Waals surface area contributed by atoms with E-state index in [1.807, 2.05) is 0 Å². The van der Waals surface area contributed by atoms with Gasteiger partial charge < -0.3 is 21.3 Å². The monoisotopic (exact) mass is 309 g/mol. The van der Waals surface area contributed by atoms with Gasteiger partial charge in [-0.2, -0.15) is 0 Å². The number of nitrogens with one attached hydrogen (secondary N) is 1. The number of carbonyl (C=O) groups excluding carboxylic acids is 1. The number of phenols is 2. The Morgan fingerprint density at radius 1 is 1.33 bits per heavy atom. The third kappa shape index (κ3) is 4.30. The van der Waals surface area contributed by atoms with E-state index in [-0.39, 0.29) is 23.4 Å². The van der Waals surface area contributed by atoms with Crippen LogP contribution in [0, 0.1) is 0 Å². The van der Waals surface area contributed by atoms with E-state index in [2.05, 4.69) is 10.2 Å². The lowest BCUT2D eigenvalue weighted by molar-refractivity contribution is 0.0914. The fourth-order valence-corrected chi connectivity index (χ4v) is 2.57. The molecule has 1 aliphatic rings. The fraction of sp³-hybridized carbons (Fsp3) is 0.429. The molecule has 0 bridgehead atoms. The number of nitrogens with zero attached hydrogens (tertiary/aromatic N) is 1. The fourth-order valence-electron chi connectivity index (χ4n) is 2.39. The van der Waals surface area contributed by atoms with Gasteiger partial charge in [-0.15, -0.1) is 0 Å². The maximum Gasteiger partial charge on any atom is 0.251 e. The Morgan fingerprint density at radius 2 is 2.00 bits per heavy atom. The highest BCUT2D eigenvalue weighted by molar-refractivity contribution is 7.80. The molecule has 1 amide bonds. The number of likely N-dealkylation sites (tertiary alicyclic amines) is 1. The predicted octanol–water partition coefficient (Wildman–Crippen LogP) is 0.578. The van der Waals surface area contributed by atoms with Crippen LogP contribution in [-0.4, -0.2) is 51.7 Å². The summed E-state index contributed by atoms with van der Waals surface area (Å²) in [5, 5.41) is 21.6. The molecule has 7 heteroatoms. The topological polar surface area (TPSA) is 98.8 Å². The van der Waals surface area contributed by atoms with Gasteiger partial charge in [0.2, 0.25) is 0 Å². The number of hydrogen-bond acceptors (Lipinski definition) is 5. The summed E-state index contributed by atoms with van der Waals surface area (Å²) in [6.45, 7) is 2.29. The minimum Gasteiger partial charge on any atom is -0.504 e. The summed E-state index contributed by atoms with van der Waals surface area (Å²) in [4.78, 5) is 14.7. The summed E-state index contributed by atoms with van der Waals surface area (Å²) in [6.07, 6.45) is 1.66. The minimum atomic E-state index is -0.297. The summed E-state index contributed by atoms with van der Waals surface area (Å²) in [6, 6.07) is 4.13. The van der Waals surface area contributed by atoms with Crippen molar-refractivity contribution in [3.05, 3.63) is 23.8 Å². The van der Waals surface area contributed by atoms with Gasteiger partial charge in [-0.3, -0.25) is 9.69 Å². The molecule has 1 heterocycles. The van der Waals surface area contributed by atoms with Crippen molar-refractivity contribution in [2.75, 3.05) is 19.6 Å². The number of piperidine rings is 1. The van der Waals surface area contributed by atoms with E-state index in [9.17, 15) is 15.0 Å². The molecular weight excluding hydrogens is 290 g/mol. The normalized spacial score (nSPS) is 16.6. The third-order valence-corrected chi connectivity index (χ3v) is 3.67. The molecule has 1 fully saturated rings. The van der Waals surface area contributed by atoms with E-state index in [1.165, 1.54) is 18.2 Å². The van der Waals surface area contributed by atoms with Gasteiger partial charge in [0.25, 0.3) is 5.91 Å². The van der Waals surface area contributed by atoms with Gasteiger partial charge in [-0.1, -0.05) is 12.2 Å². The van der Waals surface area contributed by atoms with Gasteiger partial charge in [-0.25, -0.2) is 0 Å². The maximum atomic E-state index is 12.1. The highest BCUT2D eigenvalue weighted by atomic mass is 32.1. The van der Waals surface area contributed by atoms with E-state index < -0.39 is 0 Å². The molecule has 0 radical (unpaired) electrons. The molecule has 0 atom stereocenters. The first kappa shape index (κ1) is 15.5. The van der Waals surface area contributed by atoms with Gasteiger partial charge in [0, 0.05) is 31.2 Å². The second kappa shape index (κ2) is 6.73. The van der Waals surface area contributed by atoms with E-state index in [4.69, 9.17) is 18.0 Å². The first-order valence-electron chi connectivity index (χ1n) is 6.79. The molecule has 1 aliphatic heterocycles. The lowest BCUT2D eigenvalue weighted by Crippen LogP contribution is -2.46. The number of hydrogen-bond donors (Lipinski definition) is 4. The van der Waals surface area contributed by atoms with Crippen molar-refractivity contribution in [1.29, 1.82) is 0 Å². The average Bonchev–Trinajstić information content (AvgIpc) is 2.43. The second-order valence-corrected chi connectivity index (χ2v) is 5.72. The van der Waals surface area contributed by atoms with Crippen molar-refractivity contribution in [3.63, 3.8) is 0 Å². The van der Waals surface area contributed by atoms with Crippen LogP contribution in [0.15, 0.2) is 18.2 Å². The van der Waals surface area contributed by atoms with E-state index in [0.717, 1.165) is 25.9 Å². The number of amides is 1. The zero-order valence-corrected chi connectivity index (χ0v) is 12.4. The minimum absolute atomic E-state index is 0.0936. The number of nitrogens with two attached hydrogens (primary N) is 1. The Kier molecular flexibility index (Phi) is 4.98. The molecular formula is C14H19N3O3S. The van der Waals surface area contributed by atoms with Gasteiger partial charge in [0.15, 0.2) is 11.5 Å². The van der Waals surface area contributed by atoms with Crippen LogP contribution in [0.5, 0.6) is 11.5 Å². The highest BCUT2D eigenvalue weighted by Gasteiger charge is 2.21. The highest BCUT2D eigenvalue weighted by Crippen LogP contribution is 2.25. The molecule has 6 nitrogen and oxygen atoms in total. The Balaban J connectivity index is 1.86. The lowest BCUT2D eigenvalue weighted by Gasteiger charge is -2.31. The van der Waals surface area contributed by atoms with Crippen molar-refractivity contribution >= 4 is 23.1 Å². The van der Waals surface area contributed by atoms with E-state index in [0.29, 0.717) is 17.1 Å². The van der Waals surface area contributed by atoms with Crippen LogP contribution in [0.1, 0.15) is 23.2 Å². The quantitative estimate of drug-likeness (QED) is 0.480. The molecule has 21 heavy (non-hydrogen) atoms. The van der Waals surface area contributed by atoms with Crippen LogP contribution >= 0.6 is 12.2 Å². The second-order valence-electron chi connectivity index (χ2n) is 5.19. The van der Waals surface area contributed by atoms with Crippen LogP contribution in [0.3, 0.4) is 0 Å². The average molecular weight is 309 g/mol. The number of phenolic OH excluding ortho intramolecular Hbond substituents is 2. The summed E-state index contributed by atoms with van der Waals surface area (Å²) in [5.74, 6) is -0.787. The number of aromatic hydroxyl groups is 2. The van der Waals surface area contributed by atoms with Gasteiger partial charge in [0.05, 0.1) is 4.99 Å². The number of benzene rings is 1. The summed E-state index contributed by atoms with van der Waals surface area (Å²) in [5.41, 5.74) is 5.85. The Bertz CT molecular complexity index is 542. The first-order valence-corrected chi connectivity index (χ1v) is 7.20. The lowest BCUT2D eigenvalue weighted by atomic mass is 10.0. The van der Waals surface area contributed by atoms with Crippen LogP contribution in [0.2, 0.25) is 0 Å². The predicted molar refractivity (Wildman–Crippen MR) is 83.5 cm³/mol. The molecule has 1 aromatic carbocycles. The smallest absolute Gasteiger partial charge is 0.251 e. The number of thiocarbonyl (C=S) groups is 1. The van der Waals surface area contributed by atoms with E-state index >= 15 is 0 Å². The van der Waals surface area contributed by atoms with Crippen molar-refractivity contribution in [2.45, 2.75) is 18.9 Å². The Hall–Kier alpha value is -1.86. The molecule has 2 rings (SSSR count). The molecule has 114 valence electrons. The molecule has 1 saturated heterocycles. The van der Waals surface area contributed by atoms with Crippen LogP contribution in [-0.2, 0) is 0 Å². The molecule has 0 unspecified atom stereocenters. The molecule has 0 aromatic heterocycles.